The van der Waals surface area contributed by atoms with Crippen molar-refractivity contribution in [3.05, 3.63) is 36.4 Å². The summed E-state index contributed by atoms with van der Waals surface area (Å²) < 4.78 is 6.31. The average Bonchev–Trinajstić information content (AvgIpc) is 3.81. The number of aldehydes is 1. The fourth-order valence-corrected chi connectivity index (χ4v) is 6.41. The molecule has 0 spiro atoms. The number of likely N-dealkylation sites (N-methyl/N-ethyl adjacent to an activating group) is 2. The summed E-state index contributed by atoms with van der Waals surface area (Å²) in [5.74, 6) is 0. The highest BCUT2D eigenvalue weighted by molar-refractivity contribution is 9.09. The van der Waals surface area contributed by atoms with Crippen molar-refractivity contribution in [3.63, 3.8) is 0 Å². The van der Waals surface area contributed by atoms with E-state index in [1.807, 2.05) is 16.8 Å². The molecule has 0 aromatic carbocycles. The van der Waals surface area contributed by atoms with E-state index in [0.717, 1.165) is 36.5 Å². The molecule has 14 heteroatoms. The molecule has 5 aliphatic rings. The van der Waals surface area contributed by atoms with Crippen LogP contribution in [0.2, 0.25) is 0 Å². The van der Waals surface area contributed by atoms with Crippen LogP contribution in [0.5, 0.6) is 0 Å². The van der Waals surface area contributed by atoms with Crippen molar-refractivity contribution >= 4 is 39.8 Å². The summed E-state index contributed by atoms with van der Waals surface area (Å²) in [4.78, 5) is 30.5. The maximum Gasteiger partial charge on any atom is 0.166 e. The van der Waals surface area contributed by atoms with Crippen molar-refractivity contribution in [3.8, 4) is 0 Å². The zero-order valence-corrected chi connectivity index (χ0v) is 30.2. The number of hydrogen-bond acceptors (Lipinski definition) is 12. The van der Waals surface area contributed by atoms with E-state index < -0.39 is 5.01 Å². The normalized spacial score (nSPS) is 22.7. The molecule has 5 aliphatic heterocycles. The van der Waals surface area contributed by atoms with Crippen LogP contribution in [0.25, 0.3) is 5.65 Å². The molecule has 1 atom stereocenters. The molecule has 0 saturated carbocycles. The summed E-state index contributed by atoms with van der Waals surface area (Å²) in [5.41, 5.74) is 8.23. The van der Waals surface area contributed by atoms with E-state index >= 15 is 0 Å². The summed E-state index contributed by atoms with van der Waals surface area (Å²) in [7, 11) is 5.89. The lowest BCUT2D eigenvalue weighted by Gasteiger charge is -2.42. The number of alkyl halides is 1. The van der Waals surface area contributed by atoms with Crippen LogP contribution in [-0.4, -0.2) is 170 Å². The minimum Gasteiger partial charge on any atom is -0.400 e. The smallest absolute Gasteiger partial charge is 0.166 e. The number of anilines is 1. The Balaban J connectivity index is 0.000000168. The number of aromatic nitrogens is 3. The van der Waals surface area contributed by atoms with Crippen molar-refractivity contribution < 1.29 is 9.53 Å². The Morgan fingerprint density at radius 2 is 1.53 bits per heavy atom. The van der Waals surface area contributed by atoms with Crippen LogP contribution >= 0.6 is 15.9 Å². The van der Waals surface area contributed by atoms with Gasteiger partial charge in [-0.05, 0) is 74.9 Å². The number of nitrogens with two attached hydrogens (primary N) is 1. The van der Waals surface area contributed by atoms with Gasteiger partial charge >= 0.3 is 0 Å². The lowest BCUT2D eigenvalue weighted by molar-refractivity contribution is -0.112. The minimum atomic E-state index is -0.433. The van der Waals surface area contributed by atoms with E-state index in [4.69, 9.17) is 5.73 Å². The first-order valence-corrected chi connectivity index (χ1v) is 17.9. The Kier molecular flexibility index (Phi) is 16.0. The van der Waals surface area contributed by atoms with Crippen molar-refractivity contribution in [2.75, 3.05) is 111 Å². The third-order valence-electron chi connectivity index (χ3n) is 9.48. The number of nitrogens with one attached hydrogen (secondary N) is 1. The van der Waals surface area contributed by atoms with Gasteiger partial charge in [0.25, 0.3) is 0 Å². The second kappa shape index (κ2) is 20.1. The highest BCUT2D eigenvalue weighted by atomic mass is 79.9. The van der Waals surface area contributed by atoms with Crippen LogP contribution < -0.4 is 16.0 Å². The van der Waals surface area contributed by atoms with Gasteiger partial charge in [-0.15, -0.1) is 0 Å². The first-order valence-electron chi connectivity index (χ1n) is 17.0. The Bertz CT molecular complexity index is 1230. The molecule has 47 heavy (non-hydrogen) atoms. The summed E-state index contributed by atoms with van der Waals surface area (Å²) in [5, 5.41) is 7.28. The van der Waals surface area contributed by atoms with Gasteiger partial charge in [-0.2, -0.15) is 5.10 Å². The Labute approximate surface area is 289 Å². The third-order valence-corrected chi connectivity index (χ3v) is 10.1. The molecule has 4 saturated heterocycles. The number of ether oxygens (including phenoxy) is 1. The van der Waals surface area contributed by atoms with Gasteiger partial charge in [0.1, 0.15) is 0 Å². The van der Waals surface area contributed by atoms with E-state index in [-0.39, 0.29) is 0 Å². The summed E-state index contributed by atoms with van der Waals surface area (Å²) in [6.45, 7) is 15.3. The molecule has 1 unspecified atom stereocenters. The van der Waals surface area contributed by atoms with Gasteiger partial charge in [0, 0.05) is 103 Å². The van der Waals surface area contributed by atoms with E-state index in [0.29, 0.717) is 12.8 Å². The Morgan fingerprint density at radius 1 is 0.936 bits per heavy atom. The van der Waals surface area contributed by atoms with E-state index in [1.54, 1.807) is 18.5 Å². The molecule has 0 bridgehead atoms. The zero-order valence-electron chi connectivity index (χ0n) is 28.6. The first kappa shape index (κ1) is 37.4. The number of halogens is 1. The maximum atomic E-state index is 9.56. The molecule has 262 valence electrons. The number of hydrogen-bond donors (Lipinski definition) is 2. The summed E-state index contributed by atoms with van der Waals surface area (Å²) >= 11 is 2.89. The van der Waals surface area contributed by atoms with Crippen LogP contribution in [0, 0.1) is 0 Å². The number of methoxy groups -OCH3 is 1. The van der Waals surface area contributed by atoms with Gasteiger partial charge in [-0.25, -0.2) is 9.50 Å². The van der Waals surface area contributed by atoms with Gasteiger partial charge in [0.2, 0.25) is 0 Å². The standard InChI is InChI=1S/C16H24N6.C10H21N3.C4H6N2.C3H5BrO2/c1-19-8-10-21(11-9-19)14-3-6-20(7-4-14)15-12-17-16-2-5-18-22(16)13-15;1-12-6-8-13(9-7-12)10-2-4-11-5-3-10;5-4-1-2-6-3-4;1-6-3(4)2-5/h2,5,12-14H,3-4,6-11H2,1H3;10-11H,2-9H2,1H3;1-2H,3,5H2;2-3H,1H3. The number of allylic oxidation sites excluding steroid dienone is 1. The number of carbonyl (C=O) groups is 1. The number of piperazine rings is 2. The SMILES string of the molecule is CN1CCN(C2CCN(c3cnc4ccnn4c3)CC2)CC1.CN1CCN(C2CCNCC2)CC1.COC(Br)C=O.NC1=CC=NC1. The van der Waals surface area contributed by atoms with Gasteiger partial charge < -0.3 is 30.5 Å². The number of piperidine rings is 2. The van der Waals surface area contributed by atoms with Crippen LogP contribution in [0.15, 0.2) is 41.4 Å². The zero-order chi connectivity index (χ0) is 33.4. The molecular weight excluding hydrogens is 662 g/mol. The molecule has 13 nitrogen and oxygen atoms in total. The number of aliphatic imine (C=N–C) groups is 1. The number of rotatable bonds is 5. The predicted octanol–water partition coefficient (Wildman–Crippen LogP) is 1.40. The second-order valence-corrected chi connectivity index (χ2v) is 13.7. The van der Waals surface area contributed by atoms with Gasteiger partial charge in [-0.3, -0.25) is 19.6 Å². The lowest BCUT2D eigenvalue weighted by atomic mass is 10.0. The summed E-state index contributed by atoms with van der Waals surface area (Å²) in [6, 6.07) is 3.56. The monoisotopic (exact) mass is 717 g/mol. The molecule has 0 amide bonds. The Hall–Kier alpha value is -2.46. The maximum absolute atomic E-state index is 9.56. The fraction of sp³-hybridized carbons (Fsp3) is 0.697. The van der Waals surface area contributed by atoms with Crippen LogP contribution in [0.1, 0.15) is 25.7 Å². The summed E-state index contributed by atoms with van der Waals surface area (Å²) in [6.07, 6.45) is 15.3. The van der Waals surface area contributed by atoms with Crippen LogP contribution in [-0.2, 0) is 9.53 Å². The van der Waals surface area contributed by atoms with E-state index in [9.17, 15) is 4.79 Å². The molecule has 0 aliphatic carbocycles. The van der Waals surface area contributed by atoms with Gasteiger partial charge in [-0.1, -0.05) is 0 Å². The predicted molar refractivity (Wildman–Crippen MR) is 194 cm³/mol. The minimum absolute atomic E-state index is 0.433. The van der Waals surface area contributed by atoms with Crippen LogP contribution in [0.4, 0.5) is 5.69 Å². The van der Waals surface area contributed by atoms with Crippen molar-refractivity contribution in [1.29, 1.82) is 0 Å². The number of carbonyl (C=O) groups excluding carboxylic acids is 1. The van der Waals surface area contributed by atoms with Crippen molar-refractivity contribution in [2.45, 2.75) is 42.8 Å². The third kappa shape index (κ3) is 12.5. The highest BCUT2D eigenvalue weighted by Crippen LogP contribution is 2.23. The average molecular weight is 719 g/mol. The first-order chi connectivity index (χ1) is 22.9. The van der Waals surface area contributed by atoms with E-state index in [1.165, 1.54) is 104 Å². The van der Waals surface area contributed by atoms with E-state index in [2.05, 4.69) is 85.9 Å². The number of nitrogens with zero attached hydrogens (tertiary/aromatic N) is 9. The van der Waals surface area contributed by atoms with Crippen molar-refractivity contribution in [2.24, 2.45) is 10.7 Å². The van der Waals surface area contributed by atoms with Crippen molar-refractivity contribution in [1.82, 2.24) is 39.5 Å². The largest absolute Gasteiger partial charge is 0.400 e. The molecule has 2 aromatic rings. The van der Waals surface area contributed by atoms with Crippen LogP contribution in [0.3, 0.4) is 0 Å². The molecule has 0 radical (unpaired) electrons. The molecular formula is C33H56BrN11O2. The lowest BCUT2D eigenvalue weighted by Crippen LogP contribution is -2.52. The fourth-order valence-electron chi connectivity index (χ4n) is 6.41. The Morgan fingerprint density at radius 3 is 2.00 bits per heavy atom. The van der Waals surface area contributed by atoms with Gasteiger partial charge in [0.15, 0.2) is 16.9 Å². The molecule has 7 rings (SSSR count). The molecule has 2 aromatic heterocycles. The second-order valence-electron chi connectivity index (χ2n) is 12.8. The number of fused-ring (bicyclic) bond motifs is 1. The highest BCUT2D eigenvalue weighted by Gasteiger charge is 2.27. The molecule has 3 N–H and O–H groups in total. The molecule has 4 fully saturated rings. The molecule has 7 heterocycles. The quantitative estimate of drug-likeness (QED) is 0.345. The topological polar surface area (TPSA) is 123 Å². The van der Waals surface area contributed by atoms with Gasteiger partial charge in [0.05, 0.1) is 30.8 Å².